The van der Waals surface area contributed by atoms with Gasteiger partial charge in [-0.3, -0.25) is 9.59 Å². The van der Waals surface area contributed by atoms with Crippen molar-refractivity contribution in [1.82, 2.24) is 4.90 Å². The monoisotopic (exact) mass is 487 g/mol. The van der Waals surface area contributed by atoms with Gasteiger partial charge in [0.2, 0.25) is 5.91 Å². The minimum atomic E-state index is -0.0575. The molecule has 2 aliphatic heterocycles. The van der Waals surface area contributed by atoms with Crippen molar-refractivity contribution in [2.24, 2.45) is 40.4 Å². The summed E-state index contributed by atoms with van der Waals surface area (Å²) in [5.41, 5.74) is 0.845. The first kappa shape index (κ1) is 27.0. The van der Waals surface area contributed by atoms with Gasteiger partial charge in [0.15, 0.2) is 0 Å². The van der Waals surface area contributed by atoms with E-state index in [4.69, 9.17) is 4.74 Å². The first-order chi connectivity index (χ1) is 16.7. The summed E-state index contributed by atoms with van der Waals surface area (Å²) in [4.78, 5) is 27.2. The lowest BCUT2D eigenvalue weighted by Crippen LogP contribution is -2.70. The summed E-state index contributed by atoms with van der Waals surface area (Å²) in [6.45, 7) is 12.7. The van der Waals surface area contributed by atoms with Crippen molar-refractivity contribution in [3.8, 4) is 0 Å². The van der Waals surface area contributed by atoms with Gasteiger partial charge in [-0.15, -0.1) is 0 Å². The van der Waals surface area contributed by atoms with E-state index in [2.05, 4.69) is 25.7 Å². The Kier molecular flexibility index (Phi) is 7.99. The Morgan fingerprint density at radius 1 is 1.03 bits per heavy atom. The number of esters is 1. The second-order valence-corrected chi connectivity index (χ2v) is 13.1. The van der Waals surface area contributed by atoms with Crippen molar-refractivity contribution < 1.29 is 14.3 Å². The maximum Gasteiger partial charge on any atom is 0.305 e. The molecule has 0 N–H and O–H groups in total. The van der Waals surface area contributed by atoms with E-state index < -0.39 is 0 Å². The highest BCUT2D eigenvalue weighted by Crippen LogP contribution is 2.70. The number of fused-ring (bicyclic) bond motifs is 4. The number of carbonyl (C=O) groups is 2. The van der Waals surface area contributed by atoms with E-state index in [1.807, 2.05) is 13.8 Å². The summed E-state index contributed by atoms with van der Waals surface area (Å²) in [6.07, 6.45) is 16.3. The van der Waals surface area contributed by atoms with Crippen LogP contribution in [0.3, 0.4) is 0 Å². The Labute approximate surface area is 215 Å². The first-order valence-electron chi connectivity index (χ1n) is 15.1. The number of ether oxygens (including phenoxy) is 1. The van der Waals surface area contributed by atoms with Crippen LogP contribution in [0, 0.1) is 40.4 Å². The van der Waals surface area contributed by atoms with Crippen LogP contribution in [0.25, 0.3) is 0 Å². The Morgan fingerprint density at radius 3 is 2.54 bits per heavy atom. The molecule has 1 spiro atoms. The van der Waals surface area contributed by atoms with Crippen LogP contribution in [0.4, 0.5) is 0 Å². The van der Waals surface area contributed by atoms with Crippen molar-refractivity contribution >= 4 is 11.9 Å². The molecule has 4 heteroatoms. The Balaban J connectivity index is 0.00000141. The lowest BCUT2D eigenvalue weighted by Gasteiger charge is -2.68. The molecule has 0 aromatic rings. The Bertz CT molecular complexity index is 781. The van der Waals surface area contributed by atoms with Gasteiger partial charge < -0.3 is 9.64 Å². The molecular weight excluding hydrogens is 434 g/mol. The van der Waals surface area contributed by atoms with Crippen LogP contribution in [0.5, 0.6) is 0 Å². The second-order valence-electron chi connectivity index (χ2n) is 13.1. The molecule has 0 radical (unpaired) electrons. The van der Waals surface area contributed by atoms with E-state index in [1.54, 1.807) is 0 Å². The number of methoxy groups -OCH3 is 1. The van der Waals surface area contributed by atoms with Crippen molar-refractivity contribution in [2.45, 2.75) is 130 Å². The second kappa shape index (κ2) is 10.4. The third kappa shape index (κ3) is 4.27. The van der Waals surface area contributed by atoms with Gasteiger partial charge in [-0.25, -0.2) is 0 Å². The minimum absolute atomic E-state index is 0.0575. The molecule has 1 amide bonds. The summed E-state index contributed by atoms with van der Waals surface area (Å²) in [5, 5.41) is 0. The van der Waals surface area contributed by atoms with Gasteiger partial charge in [0.25, 0.3) is 0 Å². The van der Waals surface area contributed by atoms with Crippen molar-refractivity contribution in [2.75, 3.05) is 13.7 Å². The van der Waals surface area contributed by atoms with Gasteiger partial charge in [0.1, 0.15) is 0 Å². The van der Waals surface area contributed by atoms with Crippen molar-refractivity contribution in [3.05, 3.63) is 0 Å². The largest absolute Gasteiger partial charge is 0.469 e. The molecule has 200 valence electrons. The molecule has 2 heterocycles. The van der Waals surface area contributed by atoms with Gasteiger partial charge in [-0.05, 0) is 117 Å². The van der Waals surface area contributed by atoms with Gasteiger partial charge in [0, 0.05) is 24.9 Å². The fourth-order valence-corrected chi connectivity index (χ4v) is 10.4. The predicted octanol–water partition coefficient (Wildman–Crippen LogP) is 7.40. The summed E-state index contributed by atoms with van der Waals surface area (Å²) >= 11 is 0. The lowest BCUT2D eigenvalue weighted by atomic mass is 9.42. The summed E-state index contributed by atoms with van der Waals surface area (Å²) in [6, 6.07) is 0. The third-order valence-electron chi connectivity index (χ3n) is 12.0. The molecule has 3 saturated carbocycles. The number of carbonyl (C=O) groups excluding carboxylic acids is 2. The molecule has 5 rings (SSSR count). The van der Waals surface area contributed by atoms with Crippen LogP contribution in [0.15, 0.2) is 0 Å². The zero-order valence-electron chi connectivity index (χ0n) is 23.7. The lowest BCUT2D eigenvalue weighted by molar-refractivity contribution is -0.192. The van der Waals surface area contributed by atoms with Crippen LogP contribution in [-0.2, 0) is 14.3 Å². The average molecular weight is 488 g/mol. The molecule has 0 bridgehead atoms. The van der Waals surface area contributed by atoms with E-state index in [0.29, 0.717) is 17.7 Å². The molecular formula is C31H53NO3. The normalized spacial score (nSPS) is 44.6. The molecule has 7 unspecified atom stereocenters. The molecule has 8 atom stereocenters. The molecule has 0 aromatic carbocycles. The molecule has 5 fully saturated rings. The molecule has 4 nitrogen and oxygen atoms in total. The van der Waals surface area contributed by atoms with E-state index in [0.717, 1.165) is 55.4 Å². The molecule has 2 saturated heterocycles. The van der Waals surface area contributed by atoms with E-state index in [-0.39, 0.29) is 16.9 Å². The molecule has 5 aliphatic rings. The number of hydrogen-bond acceptors (Lipinski definition) is 3. The van der Waals surface area contributed by atoms with Gasteiger partial charge >= 0.3 is 5.97 Å². The van der Waals surface area contributed by atoms with E-state index in [1.165, 1.54) is 71.3 Å². The Hall–Kier alpha value is -1.06. The predicted molar refractivity (Wildman–Crippen MR) is 142 cm³/mol. The van der Waals surface area contributed by atoms with Gasteiger partial charge in [0.05, 0.1) is 7.11 Å². The average Bonchev–Trinajstić information content (AvgIpc) is 3.08. The zero-order chi connectivity index (χ0) is 25.4. The Morgan fingerprint density at radius 2 is 1.80 bits per heavy atom. The minimum Gasteiger partial charge on any atom is -0.469 e. The third-order valence-corrected chi connectivity index (χ3v) is 12.0. The van der Waals surface area contributed by atoms with E-state index in [9.17, 15) is 9.59 Å². The van der Waals surface area contributed by atoms with Crippen LogP contribution >= 0.6 is 0 Å². The number of rotatable bonds is 4. The topological polar surface area (TPSA) is 46.6 Å². The molecule has 35 heavy (non-hydrogen) atoms. The smallest absolute Gasteiger partial charge is 0.305 e. The van der Waals surface area contributed by atoms with Crippen molar-refractivity contribution in [3.63, 3.8) is 0 Å². The fraction of sp³-hybridized carbons (Fsp3) is 0.935. The van der Waals surface area contributed by atoms with Crippen molar-refractivity contribution in [1.29, 1.82) is 0 Å². The molecule has 0 aromatic heterocycles. The van der Waals surface area contributed by atoms with Crippen LogP contribution < -0.4 is 0 Å². The standard InChI is InChI=1S/C29H47NO3.C2H6/c1-20-7-6-18-30-25(31)14-16-28(3)24-13-15-27(2)21(8-5-9-26(32)33-4)10-11-23(27)22(24)12-17-29(28,30)19-20;1-2/h20-24H,5-19H2,1-4H3;1-2H3/t20?,21?,22?,23?,24?,27?,28-,29?;/m1./s1. The SMILES string of the molecule is CC.COC(=O)CCCC1CCC2C3CCC45CC(C)CCCN4C(=O)CC[C@]5(C)C3CCC12C. The highest BCUT2D eigenvalue weighted by molar-refractivity contribution is 5.78. The molecule has 3 aliphatic carbocycles. The number of hydrogen-bond donors (Lipinski definition) is 0. The maximum atomic E-state index is 13.2. The first-order valence-corrected chi connectivity index (χ1v) is 15.1. The van der Waals surface area contributed by atoms with Gasteiger partial charge in [-0.2, -0.15) is 0 Å². The number of piperidine rings is 1. The summed E-state index contributed by atoms with van der Waals surface area (Å²) in [5.74, 6) is 4.33. The zero-order valence-corrected chi connectivity index (χ0v) is 23.7. The maximum absolute atomic E-state index is 13.2. The number of nitrogens with zero attached hydrogens (tertiary/aromatic N) is 1. The summed E-state index contributed by atoms with van der Waals surface area (Å²) < 4.78 is 4.88. The van der Waals surface area contributed by atoms with E-state index >= 15 is 0 Å². The van der Waals surface area contributed by atoms with Crippen LogP contribution in [0.1, 0.15) is 125 Å². The van der Waals surface area contributed by atoms with Crippen LogP contribution in [-0.4, -0.2) is 36.0 Å². The number of amides is 1. The van der Waals surface area contributed by atoms with Gasteiger partial charge in [-0.1, -0.05) is 34.6 Å². The fourth-order valence-electron chi connectivity index (χ4n) is 10.4. The highest BCUT2D eigenvalue weighted by atomic mass is 16.5. The highest BCUT2D eigenvalue weighted by Gasteiger charge is 2.66. The summed E-state index contributed by atoms with van der Waals surface area (Å²) in [7, 11) is 1.50. The van der Waals surface area contributed by atoms with Crippen LogP contribution in [0.2, 0.25) is 0 Å². The quantitative estimate of drug-likeness (QED) is 0.388.